The summed E-state index contributed by atoms with van der Waals surface area (Å²) in [5.74, 6) is 0.117. The van der Waals surface area contributed by atoms with Crippen LogP contribution in [0.5, 0.6) is 0 Å². The molecule has 2 aliphatic rings. The quantitative estimate of drug-likeness (QED) is 0.873. The van der Waals surface area contributed by atoms with Crippen molar-refractivity contribution in [2.24, 2.45) is 0 Å². The Bertz CT molecular complexity index is 456. The van der Waals surface area contributed by atoms with E-state index in [1.54, 1.807) is 0 Å². The summed E-state index contributed by atoms with van der Waals surface area (Å²) in [6, 6.07) is 11.0. The summed E-state index contributed by atoms with van der Waals surface area (Å²) in [4.78, 5) is 14.6. The Hall–Kier alpha value is -1.39. The van der Waals surface area contributed by atoms with Gasteiger partial charge >= 0.3 is 0 Å². The van der Waals surface area contributed by atoms with Crippen LogP contribution in [0.2, 0.25) is 0 Å². The monoisotopic (exact) mass is 287 g/mol. The van der Waals surface area contributed by atoms with Gasteiger partial charge in [-0.1, -0.05) is 18.2 Å². The van der Waals surface area contributed by atoms with Gasteiger partial charge in [-0.25, -0.2) is 0 Å². The molecule has 4 heteroatoms. The standard InChI is InChI=1S/C17H25N3O/c21-17(19-14-6-2-1-3-7-14)10-13-20-12-5-9-16(20)15-8-4-11-18-15/h1-3,6-7,15-16,18H,4-5,8-13H2,(H,19,21). The van der Waals surface area contributed by atoms with Crippen LogP contribution >= 0.6 is 0 Å². The predicted octanol–water partition coefficient (Wildman–Crippen LogP) is 2.23. The molecule has 2 heterocycles. The number of hydrogen-bond acceptors (Lipinski definition) is 3. The first-order valence-electron chi connectivity index (χ1n) is 8.15. The molecule has 1 aromatic carbocycles. The zero-order valence-electron chi connectivity index (χ0n) is 12.6. The number of hydrogen-bond donors (Lipinski definition) is 2. The molecule has 114 valence electrons. The van der Waals surface area contributed by atoms with Crippen molar-refractivity contribution < 1.29 is 4.79 Å². The van der Waals surface area contributed by atoms with Crippen LogP contribution in [0.4, 0.5) is 5.69 Å². The Morgan fingerprint density at radius 1 is 1.24 bits per heavy atom. The van der Waals surface area contributed by atoms with Crippen LogP contribution < -0.4 is 10.6 Å². The van der Waals surface area contributed by atoms with Gasteiger partial charge in [0, 0.05) is 30.7 Å². The summed E-state index contributed by atoms with van der Waals surface area (Å²) in [6.07, 6.45) is 5.71. The summed E-state index contributed by atoms with van der Waals surface area (Å²) in [6.45, 7) is 3.17. The summed E-state index contributed by atoms with van der Waals surface area (Å²) >= 11 is 0. The first kappa shape index (κ1) is 14.5. The van der Waals surface area contributed by atoms with E-state index < -0.39 is 0 Å². The number of nitrogens with zero attached hydrogens (tertiary/aromatic N) is 1. The molecule has 2 atom stereocenters. The molecule has 1 aromatic rings. The maximum Gasteiger partial charge on any atom is 0.225 e. The number of likely N-dealkylation sites (tertiary alicyclic amines) is 1. The van der Waals surface area contributed by atoms with Gasteiger partial charge < -0.3 is 10.6 Å². The fourth-order valence-electron chi connectivity index (χ4n) is 3.62. The minimum Gasteiger partial charge on any atom is -0.326 e. The van der Waals surface area contributed by atoms with Gasteiger partial charge in [0.25, 0.3) is 0 Å². The lowest BCUT2D eigenvalue weighted by Gasteiger charge is -2.29. The first-order chi connectivity index (χ1) is 10.3. The highest BCUT2D eigenvalue weighted by Crippen LogP contribution is 2.24. The Kier molecular flexibility index (Phi) is 4.88. The van der Waals surface area contributed by atoms with Crippen molar-refractivity contribution in [3.05, 3.63) is 30.3 Å². The van der Waals surface area contributed by atoms with E-state index in [9.17, 15) is 4.79 Å². The van der Waals surface area contributed by atoms with Crippen LogP contribution in [-0.4, -0.2) is 42.5 Å². The third kappa shape index (κ3) is 3.83. The second kappa shape index (κ2) is 7.05. The smallest absolute Gasteiger partial charge is 0.225 e. The third-order valence-electron chi connectivity index (χ3n) is 4.66. The van der Waals surface area contributed by atoms with Gasteiger partial charge in [0.1, 0.15) is 0 Å². The maximum atomic E-state index is 12.0. The van der Waals surface area contributed by atoms with Gasteiger partial charge in [-0.05, 0) is 50.9 Å². The molecule has 1 amide bonds. The van der Waals surface area contributed by atoms with Crippen LogP contribution in [0.15, 0.2) is 30.3 Å². The molecule has 0 aromatic heterocycles. The molecule has 3 rings (SSSR count). The van der Waals surface area contributed by atoms with E-state index in [-0.39, 0.29) is 5.91 Å². The maximum absolute atomic E-state index is 12.0. The normalized spacial score (nSPS) is 26.1. The lowest BCUT2D eigenvalue weighted by atomic mass is 10.0. The SMILES string of the molecule is O=C(CCN1CCCC1C1CCCN1)Nc1ccccc1. The molecule has 4 nitrogen and oxygen atoms in total. The number of amides is 1. The Balaban J connectivity index is 1.46. The number of anilines is 1. The second-order valence-electron chi connectivity index (χ2n) is 6.11. The zero-order valence-corrected chi connectivity index (χ0v) is 12.6. The van der Waals surface area contributed by atoms with Gasteiger partial charge in [0.2, 0.25) is 5.91 Å². The summed E-state index contributed by atoms with van der Waals surface area (Å²) in [7, 11) is 0. The lowest BCUT2D eigenvalue weighted by molar-refractivity contribution is -0.116. The Labute approximate surface area is 126 Å². The van der Waals surface area contributed by atoms with Gasteiger partial charge in [0.05, 0.1) is 0 Å². The molecule has 0 spiro atoms. The number of para-hydroxylation sites is 1. The van der Waals surface area contributed by atoms with Crippen molar-refractivity contribution in [3.8, 4) is 0 Å². The van der Waals surface area contributed by atoms with E-state index in [1.165, 1.54) is 25.7 Å². The fraction of sp³-hybridized carbons (Fsp3) is 0.588. The highest BCUT2D eigenvalue weighted by molar-refractivity contribution is 5.90. The van der Waals surface area contributed by atoms with E-state index in [0.717, 1.165) is 25.3 Å². The minimum absolute atomic E-state index is 0.117. The van der Waals surface area contributed by atoms with Crippen LogP contribution in [0.3, 0.4) is 0 Å². The van der Waals surface area contributed by atoms with Crippen molar-refractivity contribution in [3.63, 3.8) is 0 Å². The highest BCUT2D eigenvalue weighted by Gasteiger charge is 2.32. The van der Waals surface area contributed by atoms with E-state index in [1.807, 2.05) is 30.3 Å². The van der Waals surface area contributed by atoms with Gasteiger partial charge in [-0.2, -0.15) is 0 Å². The lowest BCUT2D eigenvalue weighted by Crippen LogP contribution is -2.44. The van der Waals surface area contributed by atoms with Gasteiger partial charge in [-0.15, -0.1) is 0 Å². The molecule has 2 aliphatic heterocycles. The molecule has 2 saturated heterocycles. The zero-order chi connectivity index (χ0) is 14.5. The van der Waals surface area contributed by atoms with E-state index in [0.29, 0.717) is 18.5 Å². The summed E-state index contributed by atoms with van der Waals surface area (Å²) in [5, 5.41) is 6.58. The first-order valence-corrected chi connectivity index (χ1v) is 8.15. The number of carbonyl (C=O) groups excluding carboxylic acids is 1. The van der Waals surface area contributed by atoms with E-state index in [4.69, 9.17) is 0 Å². The number of rotatable bonds is 5. The molecular formula is C17H25N3O. The van der Waals surface area contributed by atoms with Crippen LogP contribution in [0.1, 0.15) is 32.1 Å². The largest absolute Gasteiger partial charge is 0.326 e. The van der Waals surface area contributed by atoms with E-state index in [2.05, 4.69) is 15.5 Å². The molecule has 21 heavy (non-hydrogen) atoms. The molecule has 0 saturated carbocycles. The highest BCUT2D eigenvalue weighted by atomic mass is 16.1. The molecule has 0 aliphatic carbocycles. The van der Waals surface area contributed by atoms with Crippen molar-refractivity contribution in [1.29, 1.82) is 0 Å². The predicted molar refractivity (Wildman–Crippen MR) is 85.3 cm³/mol. The third-order valence-corrected chi connectivity index (χ3v) is 4.66. The number of nitrogens with one attached hydrogen (secondary N) is 2. The fourth-order valence-corrected chi connectivity index (χ4v) is 3.62. The van der Waals surface area contributed by atoms with Crippen LogP contribution in [0, 0.1) is 0 Å². The van der Waals surface area contributed by atoms with Crippen molar-refractivity contribution in [1.82, 2.24) is 10.2 Å². The van der Waals surface area contributed by atoms with Gasteiger partial charge in [0.15, 0.2) is 0 Å². The van der Waals surface area contributed by atoms with Gasteiger partial charge in [-0.3, -0.25) is 9.69 Å². The molecular weight excluding hydrogens is 262 g/mol. The molecule has 0 bridgehead atoms. The molecule has 2 N–H and O–H groups in total. The topological polar surface area (TPSA) is 44.4 Å². The molecule has 2 unspecified atom stereocenters. The summed E-state index contributed by atoms with van der Waals surface area (Å²) < 4.78 is 0. The van der Waals surface area contributed by atoms with Crippen molar-refractivity contribution in [2.45, 2.75) is 44.2 Å². The summed E-state index contributed by atoms with van der Waals surface area (Å²) in [5.41, 5.74) is 0.887. The minimum atomic E-state index is 0.117. The average molecular weight is 287 g/mol. The molecule has 2 fully saturated rings. The number of carbonyl (C=O) groups is 1. The Morgan fingerprint density at radius 3 is 2.86 bits per heavy atom. The van der Waals surface area contributed by atoms with Crippen LogP contribution in [-0.2, 0) is 4.79 Å². The number of benzene rings is 1. The Morgan fingerprint density at radius 2 is 2.10 bits per heavy atom. The van der Waals surface area contributed by atoms with Crippen molar-refractivity contribution >= 4 is 11.6 Å². The van der Waals surface area contributed by atoms with Crippen molar-refractivity contribution in [2.75, 3.05) is 25.0 Å². The second-order valence-corrected chi connectivity index (χ2v) is 6.11. The van der Waals surface area contributed by atoms with Crippen LogP contribution in [0.25, 0.3) is 0 Å². The molecule has 0 radical (unpaired) electrons. The average Bonchev–Trinajstić information content (AvgIpc) is 3.17. The van der Waals surface area contributed by atoms with E-state index >= 15 is 0 Å².